The quantitative estimate of drug-likeness (QED) is 0.651. The van der Waals surface area contributed by atoms with Crippen molar-refractivity contribution in [3.63, 3.8) is 0 Å². The molecule has 1 heterocycles. The Kier molecular flexibility index (Phi) is 2.67. The number of halogens is 2. The highest BCUT2D eigenvalue weighted by Gasteiger charge is 2.10. The van der Waals surface area contributed by atoms with E-state index in [0.717, 1.165) is 11.1 Å². The lowest BCUT2D eigenvalue weighted by molar-refractivity contribution is 0.608. The van der Waals surface area contributed by atoms with Gasteiger partial charge in [-0.25, -0.2) is 9.37 Å². The van der Waals surface area contributed by atoms with Crippen molar-refractivity contribution in [1.29, 1.82) is 0 Å². The predicted molar refractivity (Wildman–Crippen MR) is 71.8 cm³/mol. The first-order valence-corrected chi connectivity index (χ1v) is 6.25. The van der Waals surface area contributed by atoms with Crippen LogP contribution in [-0.2, 0) is 0 Å². The molecule has 0 radical (unpaired) electrons. The van der Waals surface area contributed by atoms with Crippen molar-refractivity contribution < 1.29 is 8.81 Å². The molecule has 1 aromatic heterocycles. The molecule has 0 spiro atoms. The van der Waals surface area contributed by atoms with Crippen LogP contribution in [0, 0.1) is 12.7 Å². The molecule has 18 heavy (non-hydrogen) atoms. The molecule has 0 aliphatic rings. The number of fused-ring (bicyclic) bond motifs is 1. The Balaban J connectivity index is 2.16. The Hall–Kier alpha value is -1.68. The van der Waals surface area contributed by atoms with Crippen LogP contribution < -0.4 is 0 Å². The molecule has 0 unspecified atom stereocenters. The van der Waals surface area contributed by atoms with Crippen molar-refractivity contribution in [2.24, 2.45) is 0 Å². The summed E-state index contributed by atoms with van der Waals surface area (Å²) in [5, 5.41) is 0. The minimum atomic E-state index is -0.328. The first kappa shape index (κ1) is 11.4. The zero-order valence-corrected chi connectivity index (χ0v) is 11.2. The summed E-state index contributed by atoms with van der Waals surface area (Å²) >= 11 is 3.12. The van der Waals surface area contributed by atoms with Gasteiger partial charge >= 0.3 is 0 Å². The predicted octanol–water partition coefficient (Wildman–Crippen LogP) is 4.70. The van der Waals surface area contributed by atoms with E-state index in [1.165, 1.54) is 6.07 Å². The van der Waals surface area contributed by atoms with Gasteiger partial charge in [0, 0.05) is 5.56 Å². The second kappa shape index (κ2) is 4.21. The fraction of sp³-hybridized carbons (Fsp3) is 0.0714. The third-order valence-electron chi connectivity index (χ3n) is 2.71. The number of oxazole rings is 1. The average molecular weight is 306 g/mol. The highest BCUT2D eigenvalue weighted by molar-refractivity contribution is 9.10. The van der Waals surface area contributed by atoms with E-state index in [1.54, 1.807) is 12.1 Å². The molecule has 2 aromatic carbocycles. The van der Waals surface area contributed by atoms with E-state index in [0.29, 0.717) is 21.5 Å². The SMILES string of the molecule is Cc1ccc2oc(-c3ccc(Br)c(F)c3)nc2c1. The van der Waals surface area contributed by atoms with Gasteiger partial charge in [0.05, 0.1) is 4.47 Å². The Labute approximate surface area is 112 Å². The van der Waals surface area contributed by atoms with Crippen molar-refractivity contribution in [1.82, 2.24) is 4.98 Å². The summed E-state index contributed by atoms with van der Waals surface area (Å²) < 4.78 is 19.5. The van der Waals surface area contributed by atoms with Crippen LogP contribution in [0.1, 0.15) is 5.56 Å². The molecule has 90 valence electrons. The first-order chi connectivity index (χ1) is 8.63. The van der Waals surface area contributed by atoms with Gasteiger partial charge < -0.3 is 4.42 Å². The van der Waals surface area contributed by atoms with E-state index >= 15 is 0 Å². The molecule has 0 bridgehead atoms. The van der Waals surface area contributed by atoms with Crippen LogP contribution in [0.4, 0.5) is 4.39 Å². The lowest BCUT2D eigenvalue weighted by Crippen LogP contribution is -1.81. The summed E-state index contributed by atoms with van der Waals surface area (Å²) in [6.07, 6.45) is 0. The summed E-state index contributed by atoms with van der Waals surface area (Å²) in [5.41, 5.74) is 3.24. The molecule has 0 atom stereocenters. The van der Waals surface area contributed by atoms with Gasteiger partial charge in [0.2, 0.25) is 5.89 Å². The summed E-state index contributed by atoms with van der Waals surface area (Å²) in [4.78, 5) is 4.37. The van der Waals surface area contributed by atoms with Crippen molar-refractivity contribution in [2.75, 3.05) is 0 Å². The van der Waals surface area contributed by atoms with Gasteiger partial charge in [-0.05, 0) is 58.7 Å². The van der Waals surface area contributed by atoms with Gasteiger partial charge in [-0.1, -0.05) is 6.07 Å². The van der Waals surface area contributed by atoms with Gasteiger partial charge in [0.15, 0.2) is 5.58 Å². The topological polar surface area (TPSA) is 26.0 Å². The molecule has 0 saturated heterocycles. The number of hydrogen-bond acceptors (Lipinski definition) is 2. The van der Waals surface area contributed by atoms with Crippen molar-refractivity contribution in [3.8, 4) is 11.5 Å². The Morgan fingerprint density at radius 1 is 1.17 bits per heavy atom. The molecule has 0 aliphatic carbocycles. The van der Waals surface area contributed by atoms with Crippen LogP contribution in [0.5, 0.6) is 0 Å². The Morgan fingerprint density at radius 2 is 2.00 bits per heavy atom. The van der Waals surface area contributed by atoms with Gasteiger partial charge in [-0.15, -0.1) is 0 Å². The number of benzene rings is 2. The van der Waals surface area contributed by atoms with Gasteiger partial charge in [0.1, 0.15) is 11.3 Å². The number of rotatable bonds is 1. The van der Waals surface area contributed by atoms with E-state index in [9.17, 15) is 4.39 Å². The van der Waals surface area contributed by atoms with Gasteiger partial charge in [-0.2, -0.15) is 0 Å². The van der Waals surface area contributed by atoms with E-state index in [2.05, 4.69) is 20.9 Å². The first-order valence-electron chi connectivity index (χ1n) is 5.46. The normalized spacial score (nSPS) is 11.1. The summed E-state index contributed by atoms with van der Waals surface area (Å²) in [7, 11) is 0. The maximum atomic E-state index is 13.5. The molecule has 4 heteroatoms. The standard InChI is InChI=1S/C14H9BrFNO/c1-8-2-5-13-12(6-8)17-14(18-13)9-3-4-10(15)11(16)7-9/h2-7H,1H3. The molecule has 3 aromatic rings. The zero-order chi connectivity index (χ0) is 12.7. The molecule has 0 saturated carbocycles. The second-order valence-electron chi connectivity index (χ2n) is 4.12. The van der Waals surface area contributed by atoms with Crippen LogP contribution in [0.25, 0.3) is 22.6 Å². The van der Waals surface area contributed by atoms with Crippen molar-refractivity contribution in [3.05, 3.63) is 52.3 Å². The zero-order valence-electron chi connectivity index (χ0n) is 9.58. The lowest BCUT2D eigenvalue weighted by atomic mass is 10.2. The van der Waals surface area contributed by atoms with Crippen LogP contribution in [0.2, 0.25) is 0 Å². The molecular weight excluding hydrogens is 297 g/mol. The monoisotopic (exact) mass is 305 g/mol. The van der Waals surface area contributed by atoms with Crippen LogP contribution in [0.15, 0.2) is 45.3 Å². The van der Waals surface area contributed by atoms with E-state index in [-0.39, 0.29) is 5.82 Å². The fourth-order valence-corrected chi connectivity index (χ4v) is 2.04. The highest BCUT2D eigenvalue weighted by atomic mass is 79.9. The smallest absolute Gasteiger partial charge is 0.227 e. The Morgan fingerprint density at radius 3 is 2.78 bits per heavy atom. The molecule has 0 aliphatic heterocycles. The number of aromatic nitrogens is 1. The maximum Gasteiger partial charge on any atom is 0.227 e. The Bertz CT molecular complexity index is 736. The fourth-order valence-electron chi connectivity index (χ4n) is 1.79. The largest absolute Gasteiger partial charge is 0.436 e. The van der Waals surface area contributed by atoms with Crippen molar-refractivity contribution in [2.45, 2.75) is 6.92 Å². The van der Waals surface area contributed by atoms with Gasteiger partial charge in [0.25, 0.3) is 0 Å². The van der Waals surface area contributed by atoms with E-state index < -0.39 is 0 Å². The molecule has 0 fully saturated rings. The maximum absolute atomic E-state index is 13.5. The van der Waals surface area contributed by atoms with Crippen LogP contribution in [-0.4, -0.2) is 4.98 Å². The van der Waals surface area contributed by atoms with E-state index in [4.69, 9.17) is 4.42 Å². The third kappa shape index (κ3) is 1.93. The molecular formula is C14H9BrFNO. The highest BCUT2D eigenvalue weighted by Crippen LogP contribution is 2.27. The van der Waals surface area contributed by atoms with Crippen LogP contribution in [0.3, 0.4) is 0 Å². The van der Waals surface area contributed by atoms with E-state index in [1.807, 2.05) is 25.1 Å². The lowest BCUT2D eigenvalue weighted by Gasteiger charge is -1.97. The number of nitrogens with zero attached hydrogens (tertiary/aromatic N) is 1. The molecule has 3 rings (SSSR count). The van der Waals surface area contributed by atoms with Crippen LogP contribution >= 0.6 is 15.9 Å². The minimum Gasteiger partial charge on any atom is -0.436 e. The number of aryl methyl sites for hydroxylation is 1. The average Bonchev–Trinajstić information content (AvgIpc) is 2.75. The minimum absolute atomic E-state index is 0.328. The second-order valence-corrected chi connectivity index (χ2v) is 4.97. The van der Waals surface area contributed by atoms with Crippen molar-refractivity contribution >= 4 is 27.0 Å². The molecule has 2 nitrogen and oxygen atoms in total. The summed E-state index contributed by atoms with van der Waals surface area (Å²) in [6, 6.07) is 10.6. The third-order valence-corrected chi connectivity index (χ3v) is 3.35. The number of hydrogen-bond donors (Lipinski definition) is 0. The molecule has 0 N–H and O–H groups in total. The summed E-state index contributed by atoms with van der Waals surface area (Å²) in [5.74, 6) is 0.105. The summed E-state index contributed by atoms with van der Waals surface area (Å²) in [6.45, 7) is 1.99. The molecule has 0 amide bonds. The van der Waals surface area contributed by atoms with Gasteiger partial charge in [-0.3, -0.25) is 0 Å².